The van der Waals surface area contributed by atoms with Crippen LogP contribution in [0.15, 0.2) is 127 Å². The van der Waals surface area contributed by atoms with Crippen molar-refractivity contribution in [2.24, 2.45) is 0 Å². The molecular weight excluding hydrogens is 670 g/mol. The third-order valence-electron chi connectivity index (χ3n) is 8.79. The highest BCUT2D eigenvalue weighted by Gasteiger charge is 2.18. The number of aromatic nitrogens is 7. The zero-order valence-corrected chi connectivity index (χ0v) is 27.6. The van der Waals surface area contributed by atoms with Gasteiger partial charge in [0, 0.05) is 86.0 Å². The average molecular weight is 697 g/mol. The van der Waals surface area contributed by atoms with Crippen LogP contribution in [-0.4, -0.2) is 34.9 Å². The normalized spacial score (nSPS) is 12.0. The van der Waals surface area contributed by atoms with Crippen LogP contribution in [0.4, 0.5) is 0 Å². The number of nitrogens with zero attached hydrogens (tertiary/aromatic N) is 5. The lowest BCUT2D eigenvalue weighted by atomic mass is 10.0. The molecule has 2 aliphatic rings. The van der Waals surface area contributed by atoms with Gasteiger partial charge in [0.2, 0.25) is 0 Å². The van der Waals surface area contributed by atoms with Gasteiger partial charge in [-0.3, -0.25) is 15.0 Å². The Morgan fingerprint density at radius 1 is 0.347 bits per heavy atom. The van der Waals surface area contributed by atoms with Crippen LogP contribution >= 0.6 is 15.9 Å². The summed E-state index contributed by atoms with van der Waals surface area (Å²) in [5, 5.41) is 0. The summed E-state index contributed by atoms with van der Waals surface area (Å²) in [7, 11) is 0. The van der Waals surface area contributed by atoms with Crippen molar-refractivity contribution in [1.29, 1.82) is 0 Å². The minimum atomic E-state index is 0.848. The molecule has 232 valence electrons. The van der Waals surface area contributed by atoms with Crippen LogP contribution in [0.5, 0.6) is 0 Å². The fraction of sp³-hybridized carbons (Fsp3) is 0. The van der Waals surface area contributed by atoms with Crippen LogP contribution in [-0.2, 0) is 0 Å². The molecule has 8 bridgehead atoms. The monoisotopic (exact) mass is 695 g/mol. The number of hydrogen-bond donors (Lipinski definition) is 2. The predicted octanol–water partition coefficient (Wildman–Crippen LogP) is 10.3. The maximum absolute atomic E-state index is 5.32. The van der Waals surface area contributed by atoms with Gasteiger partial charge in [-0.15, -0.1) is 0 Å². The van der Waals surface area contributed by atoms with Gasteiger partial charge in [-0.25, -0.2) is 9.97 Å². The highest BCUT2D eigenvalue weighted by molar-refractivity contribution is 9.10. The van der Waals surface area contributed by atoms with E-state index in [9.17, 15) is 0 Å². The third-order valence-corrected chi connectivity index (χ3v) is 9.32. The van der Waals surface area contributed by atoms with E-state index >= 15 is 0 Å². The lowest BCUT2D eigenvalue weighted by Crippen LogP contribution is -1.90. The number of fused-ring (bicyclic) bond motifs is 8. The first-order valence-corrected chi connectivity index (χ1v) is 16.6. The highest BCUT2D eigenvalue weighted by atomic mass is 79.9. The van der Waals surface area contributed by atoms with E-state index in [0.717, 1.165) is 93.8 Å². The van der Waals surface area contributed by atoms with Gasteiger partial charge in [-0.2, -0.15) is 0 Å². The molecule has 8 heterocycles. The van der Waals surface area contributed by atoms with E-state index < -0.39 is 0 Å². The topological polar surface area (TPSA) is 96.0 Å². The molecule has 7 nitrogen and oxygen atoms in total. The van der Waals surface area contributed by atoms with Crippen LogP contribution < -0.4 is 0 Å². The first kappa shape index (κ1) is 28.9. The molecule has 0 amide bonds. The van der Waals surface area contributed by atoms with Crippen molar-refractivity contribution in [3.05, 3.63) is 149 Å². The second-order valence-corrected chi connectivity index (χ2v) is 12.6. The molecule has 0 spiro atoms. The summed E-state index contributed by atoms with van der Waals surface area (Å²) >= 11 is 3.61. The Kier molecular flexibility index (Phi) is 7.13. The number of halogens is 1. The molecule has 0 saturated carbocycles. The van der Waals surface area contributed by atoms with E-state index in [1.165, 1.54) is 0 Å². The number of aromatic amines is 2. The van der Waals surface area contributed by atoms with Crippen molar-refractivity contribution < 1.29 is 0 Å². The molecule has 2 N–H and O–H groups in total. The van der Waals surface area contributed by atoms with Crippen molar-refractivity contribution in [2.45, 2.75) is 0 Å². The molecule has 9 rings (SSSR count). The van der Waals surface area contributed by atoms with E-state index in [0.29, 0.717) is 0 Å². The summed E-state index contributed by atoms with van der Waals surface area (Å²) in [6.07, 6.45) is 19.3. The molecule has 2 aliphatic heterocycles. The van der Waals surface area contributed by atoms with Gasteiger partial charge in [0.1, 0.15) is 0 Å². The maximum Gasteiger partial charge on any atom is 0.0737 e. The summed E-state index contributed by atoms with van der Waals surface area (Å²) in [5.74, 6) is 0. The maximum atomic E-state index is 5.32. The lowest BCUT2D eigenvalue weighted by molar-refractivity contribution is 1.29. The van der Waals surface area contributed by atoms with Crippen LogP contribution in [0.1, 0.15) is 22.8 Å². The van der Waals surface area contributed by atoms with Gasteiger partial charge in [0.15, 0.2) is 0 Å². The molecule has 0 fully saturated rings. The molecule has 0 unspecified atom stereocenters. The van der Waals surface area contributed by atoms with Gasteiger partial charge in [-0.1, -0.05) is 28.1 Å². The Morgan fingerprint density at radius 2 is 0.633 bits per heavy atom. The molecule has 1 aromatic carbocycles. The molecule has 0 atom stereocenters. The largest absolute Gasteiger partial charge is 0.354 e. The number of pyridine rings is 3. The first-order valence-electron chi connectivity index (χ1n) is 15.8. The Bertz CT molecular complexity index is 2550. The summed E-state index contributed by atoms with van der Waals surface area (Å²) in [5.41, 5.74) is 15.2. The number of nitrogens with one attached hydrogen (secondary N) is 2. The molecule has 0 aliphatic carbocycles. The van der Waals surface area contributed by atoms with Crippen LogP contribution in [0, 0.1) is 0 Å². The van der Waals surface area contributed by atoms with Gasteiger partial charge < -0.3 is 9.97 Å². The summed E-state index contributed by atoms with van der Waals surface area (Å²) < 4.78 is 1.01. The van der Waals surface area contributed by atoms with Gasteiger partial charge >= 0.3 is 0 Å². The second-order valence-electron chi connectivity index (χ2n) is 11.7. The van der Waals surface area contributed by atoms with Gasteiger partial charge in [0.05, 0.1) is 22.8 Å². The second kappa shape index (κ2) is 12.1. The zero-order valence-electron chi connectivity index (χ0n) is 26.0. The number of hydrogen-bond acceptors (Lipinski definition) is 5. The van der Waals surface area contributed by atoms with Crippen molar-refractivity contribution in [2.75, 3.05) is 0 Å². The van der Waals surface area contributed by atoms with E-state index in [-0.39, 0.29) is 0 Å². The van der Waals surface area contributed by atoms with E-state index in [2.05, 4.69) is 114 Å². The highest BCUT2D eigenvalue weighted by Crippen LogP contribution is 2.38. The Hall–Kier alpha value is -6.25. The molecular formula is C41H26BrN7. The standard InChI is InChI=1S/C41H26BrN7/c42-29-3-1-25(2-4-29)38-30-5-7-32(46-30)39(26-13-19-43-20-14-26)34-9-11-36(48-34)41(28-17-23-45-24-18-28)37-12-10-35(49-37)40(27-15-21-44-22-16-27)33-8-6-31(38)47-33/h1-24,46,49H. The van der Waals surface area contributed by atoms with E-state index in [1.807, 2.05) is 73.6 Å². The molecule has 49 heavy (non-hydrogen) atoms. The number of benzene rings is 1. The zero-order chi connectivity index (χ0) is 32.7. The predicted molar refractivity (Wildman–Crippen MR) is 202 cm³/mol. The van der Waals surface area contributed by atoms with Crippen LogP contribution in [0.3, 0.4) is 0 Å². The Balaban J connectivity index is 1.48. The van der Waals surface area contributed by atoms with Gasteiger partial charge in [-0.05, 0) is 119 Å². The van der Waals surface area contributed by atoms with Crippen LogP contribution in [0.25, 0.3) is 90.9 Å². The van der Waals surface area contributed by atoms with Gasteiger partial charge in [0.25, 0.3) is 0 Å². The van der Waals surface area contributed by atoms with Crippen molar-refractivity contribution in [1.82, 2.24) is 34.9 Å². The fourth-order valence-electron chi connectivity index (χ4n) is 6.59. The van der Waals surface area contributed by atoms with E-state index in [1.54, 1.807) is 0 Å². The smallest absolute Gasteiger partial charge is 0.0737 e. The summed E-state index contributed by atoms with van der Waals surface area (Å²) in [4.78, 5) is 31.0. The molecule has 6 aromatic heterocycles. The number of rotatable bonds is 4. The molecule has 8 heteroatoms. The first-order chi connectivity index (χ1) is 24.2. The van der Waals surface area contributed by atoms with Crippen molar-refractivity contribution in [3.63, 3.8) is 0 Å². The summed E-state index contributed by atoms with van der Waals surface area (Å²) in [6, 6.07) is 29.0. The Morgan fingerprint density at radius 3 is 0.939 bits per heavy atom. The molecule has 7 aromatic rings. The SMILES string of the molecule is Brc1ccc(-c2c3nc(c(-c4ccncc4)c4ccc([nH]4)c(-c4ccncc4)c4nc(c(-c5ccncc5)c5ccc2[nH]5)C=C4)C=C3)cc1. The van der Waals surface area contributed by atoms with Crippen molar-refractivity contribution >= 4 is 62.3 Å². The molecule has 0 radical (unpaired) electrons. The molecule has 0 saturated heterocycles. The quantitative estimate of drug-likeness (QED) is 0.191. The lowest BCUT2D eigenvalue weighted by Gasteiger charge is -2.07. The average Bonchev–Trinajstić information content (AvgIpc) is 3.98. The minimum absolute atomic E-state index is 0.848. The third kappa shape index (κ3) is 5.28. The Labute approximate surface area is 290 Å². The van der Waals surface area contributed by atoms with Crippen molar-refractivity contribution in [3.8, 4) is 44.5 Å². The fourth-order valence-corrected chi connectivity index (χ4v) is 6.86. The van der Waals surface area contributed by atoms with Crippen LogP contribution in [0.2, 0.25) is 0 Å². The number of H-pyrrole nitrogens is 2. The minimum Gasteiger partial charge on any atom is -0.354 e. The summed E-state index contributed by atoms with van der Waals surface area (Å²) in [6.45, 7) is 0. The van der Waals surface area contributed by atoms with E-state index in [4.69, 9.17) is 9.97 Å².